The topological polar surface area (TPSA) is 146 Å². The standard InChI is InChI=1S/C20H25ClN6O5S2/c1-20(2,3)32-19(29)27(18-22-14(7-9-28)12-33-18)25-17-15-11-13(5-6-16(15)23-24-17)26-34(30,31)10-4-8-21/h5-6,9,11-12,26H,4,7-8,10H2,1-3H3,(H2,23,24,25). The number of hydrogen-bond donors (Lipinski definition) is 3. The van der Waals surface area contributed by atoms with Crippen molar-refractivity contribution in [2.24, 2.45) is 0 Å². The van der Waals surface area contributed by atoms with Crippen molar-refractivity contribution in [1.29, 1.82) is 0 Å². The Morgan fingerprint density at radius 3 is 2.79 bits per heavy atom. The highest BCUT2D eigenvalue weighted by Gasteiger charge is 2.27. The summed E-state index contributed by atoms with van der Waals surface area (Å²) in [4.78, 5) is 28.1. The zero-order chi connectivity index (χ0) is 24.9. The molecule has 3 aromatic rings. The number of sulfonamides is 1. The molecule has 1 aromatic carbocycles. The first-order valence-corrected chi connectivity index (χ1v) is 13.3. The first-order valence-electron chi connectivity index (χ1n) is 10.2. The summed E-state index contributed by atoms with van der Waals surface area (Å²) in [6, 6.07) is 4.85. The lowest BCUT2D eigenvalue weighted by Crippen LogP contribution is -2.40. The number of hydrazine groups is 1. The van der Waals surface area contributed by atoms with E-state index >= 15 is 0 Å². The molecule has 0 aliphatic carbocycles. The molecule has 14 heteroatoms. The number of H-pyrrole nitrogens is 1. The number of nitrogens with zero attached hydrogens (tertiary/aromatic N) is 3. The van der Waals surface area contributed by atoms with Crippen molar-refractivity contribution < 1.29 is 22.7 Å². The summed E-state index contributed by atoms with van der Waals surface area (Å²) in [5.41, 5.74) is 3.57. The predicted octanol–water partition coefficient (Wildman–Crippen LogP) is 3.90. The van der Waals surface area contributed by atoms with Gasteiger partial charge in [0.25, 0.3) is 0 Å². The molecule has 3 N–H and O–H groups in total. The molecule has 2 heterocycles. The van der Waals surface area contributed by atoms with E-state index in [2.05, 4.69) is 25.3 Å². The molecule has 0 fully saturated rings. The molecule has 0 aliphatic heterocycles. The SMILES string of the molecule is CC(C)(C)OC(=O)N(Nc1n[nH]c2ccc(NS(=O)(=O)CCCCl)cc12)c1nc(CC=O)cs1. The average molecular weight is 529 g/mol. The lowest BCUT2D eigenvalue weighted by atomic mass is 10.2. The van der Waals surface area contributed by atoms with Crippen LogP contribution in [0.4, 0.5) is 21.4 Å². The van der Waals surface area contributed by atoms with Crippen molar-refractivity contribution in [2.75, 3.05) is 26.8 Å². The van der Waals surface area contributed by atoms with E-state index in [1.54, 1.807) is 44.4 Å². The molecule has 34 heavy (non-hydrogen) atoms. The Hall–Kier alpha value is -2.90. The van der Waals surface area contributed by atoms with E-state index in [4.69, 9.17) is 16.3 Å². The summed E-state index contributed by atoms with van der Waals surface area (Å²) < 4.78 is 32.5. The van der Waals surface area contributed by atoms with E-state index in [0.717, 1.165) is 22.6 Å². The fourth-order valence-corrected chi connectivity index (χ4v) is 4.99. The van der Waals surface area contributed by atoms with Crippen molar-refractivity contribution in [2.45, 2.75) is 39.2 Å². The van der Waals surface area contributed by atoms with Gasteiger partial charge in [0.15, 0.2) is 5.82 Å². The number of halogens is 1. The Labute approximate surface area is 205 Å². The number of nitrogens with one attached hydrogen (secondary N) is 3. The number of rotatable bonds is 10. The van der Waals surface area contributed by atoms with Crippen LogP contribution in [0, 0.1) is 0 Å². The van der Waals surface area contributed by atoms with Crippen LogP contribution in [0.1, 0.15) is 32.9 Å². The number of anilines is 3. The second kappa shape index (κ2) is 10.6. The van der Waals surface area contributed by atoms with Crippen LogP contribution in [0.25, 0.3) is 10.9 Å². The largest absolute Gasteiger partial charge is 0.442 e. The van der Waals surface area contributed by atoms with Crippen molar-refractivity contribution in [3.8, 4) is 0 Å². The van der Waals surface area contributed by atoms with Crippen molar-refractivity contribution in [3.63, 3.8) is 0 Å². The van der Waals surface area contributed by atoms with E-state index in [1.807, 2.05) is 0 Å². The Kier molecular flexibility index (Phi) is 8.00. The van der Waals surface area contributed by atoms with Crippen LogP contribution in [0.15, 0.2) is 23.6 Å². The second-order valence-electron chi connectivity index (χ2n) is 8.22. The Morgan fingerprint density at radius 1 is 1.35 bits per heavy atom. The second-order valence-corrected chi connectivity index (χ2v) is 11.3. The Bertz CT molecular complexity index is 1270. The lowest BCUT2D eigenvalue weighted by Gasteiger charge is -2.25. The summed E-state index contributed by atoms with van der Waals surface area (Å²) >= 11 is 6.75. The minimum absolute atomic E-state index is 0.107. The van der Waals surface area contributed by atoms with Gasteiger partial charge in [-0.25, -0.2) is 18.2 Å². The summed E-state index contributed by atoms with van der Waals surface area (Å²) in [5, 5.41) is 10.6. The monoisotopic (exact) mass is 528 g/mol. The first-order chi connectivity index (χ1) is 16.0. The predicted molar refractivity (Wildman–Crippen MR) is 133 cm³/mol. The fourth-order valence-electron chi connectivity index (χ4n) is 2.80. The normalized spacial score (nSPS) is 11.9. The lowest BCUT2D eigenvalue weighted by molar-refractivity contribution is -0.107. The number of hydrogen-bond acceptors (Lipinski definition) is 9. The van der Waals surface area contributed by atoms with E-state index in [-0.39, 0.29) is 29.0 Å². The molecule has 0 bridgehead atoms. The molecule has 0 saturated carbocycles. The van der Waals surface area contributed by atoms with Gasteiger partial charge in [-0.2, -0.15) is 10.1 Å². The molecule has 184 valence electrons. The number of fused-ring (bicyclic) bond motifs is 1. The van der Waals surface area contributed by atoms with Gasteiger partial charge in [0, 0.05) is 28.8 Å². The molecule has 0 atom stereocenters. The van der Waals surface area contributed by atoms with Crippen LogP contribution in [0.5, 0.6) is 0 Å². The number of carbonyl (C=O) groups is 2. The first kappa shape index (κ1) is 25.7. The van der Waals surface area contributed by atoms with E-state index in [0.29, 0.717) is 28.7 Å². The summed E-state index contributed by atoms with van der Waals surface area (Å²) in [5.74, 6) is 0.376. The molecular formula is C20H25ClN6O5S2. The number of ether oxygens (including phenoxy) is 1. The molecule has 2 aromatic heterocycles. The number of aromatic nitrogens is 3. The highest BCUT2D eigenvalue weighted by molar-refractivity contribution is 7.92. The zero-order valence-corrected chi connectivity index (χ0v) is 21.2. The van der Waals surface area contributed by atoms with Gasteiger partial charge in [0.05, 0.1) is 17.0 Å². The molecule has 0 unspecified atom stereocenters. The van der Waals surface area contributed by atoms with Crippen LogP contribution in [0.2, 0.25) is 0 Å². The highest BCUT2D eigenvalue weighted by Crippen LogP contribution is 2.28. The molecule has 11 nitrogen and oxygen atoms in total. The Balaban J connectivity index is 1.93. The van der Waals surface area contributed by atoms with Gasteiger partial charge in [-0.3, -0.25) is 15.2 Å². The quantitative estimate of drug-likeness (QED) is 0.204. The maximum absolute atomic E-state index is 12.9. The van der Waals surface area contributed by atoms with Gasteiger partial charge >= 0.3 is 6.09 Å². The maximum atomic E-state index is 12.9. The van der Waals surface area contributed by atoms with Crippen LogP contribution >= 0.6 is 22.9 Å². The minimum atomic E-state index is -3.57. The third kappa shape index (κ3) is 6.81. The van der Waals surface area contributed by atoms with Crippen molar-refractivity contribution in [1.82, 2.24) is 15.2 Å². The smallest absolute Gasteiger partial charge is 0.436 e. The highest BCUT2D eigenvalue weighted by atomic mass is 35.5. The average Bonchev–Trinajstić information content (AvgIpc) is 3.36. The van der Waals surface area contributed by atoms with E-state index < -0.39 is 21.7 Å². The summed E-state index contributed by atoms with van der Waals surface area (Å²) in [6.45, 7) is 5.19. The van der Waals surface area contributed by atoms with Gasteiger partial charge < -0.3 is 9.53 Å². The molecular weight excluding hydrogens is 504 g/mol. The molecule has 3 rings (SSSR count). The summed E-state index contributed by atoms with van der Waals surface area (Å²) in [7, 11) is -3.57. The maximum Gasteiger partial charge on any atom is 0.436 e. The van der Waals surface area contributed by atoms with Crippen molar-refractivity contribution >= 4 is 72.9 Å². The zero-order valence-electron chi connectivity index (χ0n) is 18.8. The van der Waals surface area contributed by atoms with Crippen LogP contribution in [0.3, 0.4) is 0 Å². The van der Waals surface area contributed by atoms with Gasteiger partial charge in [-0.15, -0.1) is 22.9 Å². The van der Waals surface area contributed by atoms with Gasteiger partial charge in [0.2, 0.25) is 15.2 Å². The van der Waals surface area contributed by atoms with Crippen LogP contribution in [-0.4, -0.2) is 53.2 Å². The van der Waals surface area contributed by atoms with E-state index in [9.17, 15) is 18.0 Å². The third-order valence-corrected chi connectivity index (χ3v) is 6.71. The molecule has 0 spiro atoms. The van der Waals surface area contributed by atoms with E-state index in [1.165, 1.54) is 0 Å². The minimum Gasteiger partial charge on any atom is -0.442 e. The number of amides is 1. The molecule has 0 radical (unpaired) electrons. The molecule has 0 aliphatic rings. The van der Waals surface area contributed by atoms with Gasteiger partial charge in [-0.1, -0.05) is 0 Å². The van der Waals surface area contributed by atoms with Crippen molar-refractivity contribution in [3.05, 3.63) is 29.3 Å². The van der Waals surface area contributed by atoms with Crippen LogP contribution < -0.4 is 15.2 Å². The third-order valence-electron chi connectivity index (χ3n) is 4.20. The molecule has 0 saturated heterocycles. The number of aldehydes is 1. The number of alkyl halides is 1. The van der Waals surface area contributed by atoms with Gasteiger partial charge in [-0.05, 0) is 45.4 Å². The Morgan fingerprint density at radius 2 is 2.12 bits per heavy atom. The number of benzene rings is 1. The number of thiazole rings is 1. The van der Waals surface area contributed by atoms with Gasteiger partial charge in [0.1, 0.15) is 11.9 Å². The molecule has 1 amide bonds. The fraction of sp³-hybridized carbons (Fsp3) is 0.400. The van der Waals surface area contributed by atoms with Crippen LogP contribution in [-0.2, 0) is 26.0 Å². The number of carbonyl (C=O) groups excluding carboxylic acids is 2. The number of aromatic amines is 1. The summed E-state index contributed by atoms with van der Waals surface area (Å²) in [6.07, 6.45) is 0.425.